The van der Waals surface area contributed by atoms with Gasteiger partial charge in [0.15, 0.2) is 0 Å². The first kappa shape index (κ1) is 17.2. The van der Waals surface area contributed by atoms with Crippen LogP contribution in [0.15, 0.2) is 12.1 Å². The van der Waals surface area contributed by atoms with Gasteiger partial charge in [-0.2, -0.15) is 0 Å². The summed E-state index contributed by atoms with van der Waals surface area (Å²) < 4.78 is 0. The highest BCUT2D eigenvalue weighted by molar-refractivity contribution is 6.06. The van der Waals surface area contributed by atoms with Gasteiger partial charge >= 0.3 is 5.97 Å². The van der Waals surface area contributed by atoms with Gasteiger partial charge in [-0.15, -0.1) is 0 Å². The van der Waals surface area contributed by atoms with Gasteiger partial charge in [-0.25, -0.2) is 4.79 Å². The first-order valence-corrected chi connectivity index (χ1v) is 7.03. The third kappa shape index (κ3) is 4.56. The predicted octanol–water partition coefficient (Wildman–Crippen LogP) is 2.07. The van der Waals surface area contributed by atoms with Crippen molar-refractivity contribution in [3.63, 3.8) is 0 Å². The minimum absolute atomic E-state index is 0.0125. The lowest BCUT2D eigenvalue weighted by molar-refractivity contribution is 0.0689. The summed E-state index contributed by atoms with van der Waals surface area (Å²) in [5.41, 5.74) is 1.63. The molecule has 1 unspecified atom stereocenters. The largest absolute Gasteiger partial charge is 0.478 e. The topological polar surface area (TPSA) is 69.6 Å². The average molecular weight is 292 g/mol. The van der Waals surface area contributed by atoms with Crippen LogP contribution in [0.3, 0.4) is 0 Å². The van der Waals surface area contributed by atoms with E-state index in [2.05, 4.69) is 5.32 Å². The maximum absolute atomic E-state index is 12.4. The monoisotopic (exact) mass is 292 g/mol. The molecular formula is C16H24N2O3. The van der Waals surface area contributed by atoms with Crippen LogP contribution in [0.1, 0.15) is 45.2 Å². The van der Waals surface area contributed by atoms with Crippen molar-refractivity contribution >= 4 is 11.9 Å². The van der Waals surface area contributed by atoms with Crippen molar-refractivity contribution in [2.45, 2.75) is 33.2 Å². The highest BCUT2D eigenvalue weighted by Gasteiger charge is 2.22. The number of nitrogens with one attached hydrogen (secondary N) is 1. The minimum Gasteiger partial charge on any atom is -0.478 e. The molecule has 0 heterocycles. The van der Waals surface area contributed by atoms with Crippen molar-refractivity contribution in [1.29, 1.82) is 0 Å². The molecule has 0 aliphatic rings. The normalized spacial score (nSPS) is 12.3. The third-order valence-corrected chi connectivity index (χ3v) is 3.45. The van der Waals surface area contributed by atoms with Gasteiger partial charge in [-0.05, 0) is 59.0 Å². The van der Waals surface area contributed by atoms with Crippen molar-refractivity contribution in [2.75, 3.05) is 20.6 Å². The smallest absolute Gasteiger partial charge is 0.336 e. The number of aryl methyl sites for hydroxylation is 2. The van der Waals surface area contributed by atoms with Gasteiger partial charge in [0.1, 0.15) is 0 Å². The van der Waals surface area contributed by atoms with Crippen LogP contribution in [-0.2, 0) is 0 Å². The Labute approximate surface area is 126 Å². The molecule has 0 bridgehead atoms. The Morgan fingerprint density at radius 3 is 2.19 bits per heavy atom. The Balaban J connectivity index is 2.97. The number of carbonyl (C=O) groups is 2. The first-order chi connectivity index (χ1) is 9.73. The van der Waals surface area contributed by atoms with Crippen LogP contribution in [0.2, 0.25) is 0 Å². The van der Waals surface area contributed by atoms with Crippen LogP contribution in [0, 0.1) is 13.8 Å². The molecule has 5 heteroatoms. The molecule has 0 aromatic heterocycles. The van der Waals surface area contributed by atoms with Crippen LogP contribution in [0.25, 0.3) is 0 Å². The van der Waals surface area contributed by atoms with Gasteiger partial charge in [0.2, 0.25) is 0 Å². The first-order valence-electron chi connectivity index (χ1n) is 7.03. The zero-order valence-corrected chi connectivity index (χ0v) is 13.4. The number of carbonyl (C=O) groups excluding carboxylic acids is 1. The van der Waals surface area contributed by atoms with Crippen molar-refractivity contribution in [1.82, 2.24) is 10.2 Å². The molecule has 1 rings (SSSR count). The van der Waals surface area contributed by atoms with E-state index in [1.54, 1.807) is 26.0 Å². The lowest BCUT2D eigenvalue weighted by atomic mass is 9.96. The molecule has 0 saturated heterocycles. The van der Waals surface area contributed by atoms with Gasteiger partial charge in [-0.1, -0.05) is 12.1 Å². The van der Waals surface area contributed by atoms with E-state index in [0.29, 0.717) is 11.1 Å². The summed E-state index contributed by atoms with van der Waals surface area (Å²) in [6.45, 7) is 6.24. The zero-order valence-electron chi connectivity index (χ0n) is 13.4. The van der Waals surface area contributed by atoms with Crippen molar-refractivity contribution in [3.8, 4) is 0 Å². The molecule has 0 spiro atoms. The maximum atomic E-state index is 12.4. The number of nitrogens with zero attached hydrogens (tertiary/aromatic N) is 1. The molecule has 1 aromatic rings. The number of hydrogen-bond acceptors (Lipinski definition) is 3. The van der Waals surface area contributed by atoms with Crippen LogP contribution in [0.4, 0.5) is 0 Å². The average Bonchev–Trinajstić information content (AvgIpc) is 2.38. The summed E-state index contributed by atoms with van der Waals surface area (Å²) in [4.78, 5) is 25.9. The molecular weight excluding hydrogens is 268 g/mol. The molecule has 0 aliphatic carbocycles. The number of carboxylic acids is 1. The lowest BCUT2D eigenvalue weighted by Gasteiger charge is -2.18. The van der Waals surface area contributed by atoms with Crippen LogP contribution < -0.4 is 5.32 Å². The standard InChI is InChI=1S/C16H24N2O3/c1-10-6-7-11(2)14(16(20)21)13(10)15(19)17-12(3)8-9-18(4)5/h6-7,12H,8-9H2,1-5H3,(H,17,19)(H,20,21). The summed E-state index contributed by atoms with van der Waals surface area (Å²) in [5, 5.41) is 12.2. The minimum atomic E-state index is -1.07. The van der Waals surface area contributed by atoms with E-state index >= 15 is 0 Å². The quantitative estimate of drug-likeness (QED) is 0.842. The second-order valence-electron chi connectivity index (χ2n) is 5.72. The van der Waals surface area contributed by atoms with E-state index in [-0.39, 0.29) is 23.1 Å². The molecule has 0 aliphatic heterocycles. The Kier molecular flexibility index (Phi) is 5.90. The fourth-order valence-electron chi connectivity index (χ4n) is 2.20. The summed E-state index contributed by atoms with van der Waals surface area (Å²) in [6, 6.07) is 3.49. The fraction of sp³-hybridized carbons (Fsp3) is 0.500. The fourth-order valence-corrected chi connectivity index (χ4v) is 2.20. The Hall–Kier alpha value is -1.88. The highest BCUT2D eigenvalue weighted by atomic mass is 16.4. The van der Waals surface area contributed by atoms with E-state index < -0.39 is 5.97 Å². The third-order valence-electron chi connectivity index (χ3n) is 3.45. The Bertz CT molecular complexity index is 539. The van der Waals surface area contributed by atoms with Crippen LogP contribution >= 0.6 is 0 Å². The van der Waals surface area contributed by atoms with Gasteiger partial charge < -0.3 is 15.3 Å². The number of carboxylic acid groups (broad SMARTS) is 1. The Morgan fingerprint density at radius 1 is 1.19 bits per heavy atom. The molecule has 0 fully saturated rings. The molecule has 5 nitrogen and oxygen atoms in total. The van der Waals surface area contributed by atoms with Crippen molar-refractivity contribution in [2.24, 2.45) is 0 Å². The van der Waals surface area contributed by atoms with Gasteiger partial charge in [0.05, 0.1) is 11.1 Å². The molecule has 1 amide bonds. The van der Waals surface area contributed by atoms with Crippen molar-refractivity contribution in [3.05, 3.63) is 34.4 Å². The highest BCUT2D eigenvalue weighted by Crippen LogP contribution is 2.19. The van der Waals surface area contributed by atoms with E-state index in [1.165, 1.54) is 0 Å². The SMILES string of the molecule is Cc1ccc(C)c(C(=O)NC(C)CCN(C)C)c1C(=O)O. The van der Waals surface area contributed by atoms with Crippen molar-refractivity contribution < 1.29 is 14.7 Å². The molecule has 1 atom stereocenters. The maximum Gasteiger partial charge on any atom is 0.336 e. The molecule has 0 radical (unpaired) electrons. The van der Waals surface area contributed by atoms with E-state index in [0.717, 1.165) is 13.0 Å². The van der Waals surface area contributed by atoms with E-state index in [1.807, 2.05) is 25.9 Å². The molecule has 1 aromatic carbocycles. The van der Waals surface area contributed by atoms with Gasteiger partial charge in [0.25, 0.3) is 5.91 Å². The number of benzene rings is 1. The molecule has 0 saturated carbocycles. The van der Waals surface area contributed by atoms with Crippen LogP contribution in [0.5, 0.6) is 0 Å². The van der Waals surface area contributed by atoms with Gasteiger partial charge in [0, 0.05) is 6.04 Å². The van der Waals surface area contributed by atoms with Crippen LogP contribution in [-0.4, -0.2) is 48.6 Å². The second kappa shape index (κ2) is 7.22. The summed E-state index contributed by atoms with van der Waals surface area (Å²) in [5.74, 6) is -1.39. The summed E-state index contributed by atoms with van der Waals surface area (Å²) >= 11 is 0. The van der Waals surface area contributed by atoms with E-state index in [9.17, 15) is 14.7 Å². The second-order valence-corrected chi connectivity index (χ2v) is 5.72. The van der Waals surface area contributed by atoms with E-state index in [4.69, 9.17) is 0 Å². The zero-order chi connectivity index (χ0) is 16.2. The predicted molar refractivity (Wildman–Crippen MR) is 83.0 cm³/mol. The van der Waals surface area contributed by atoms with Gasteiger partial charge in [-0.3, -0.25) is 4.79 Å². The molecule has 116 valence electrons. The number of hydrogen-bond donors (Lipinski definition) is 2. The lowest BCUT2D eigenvalue weighted by Crippen LogP contribution is -2.36. The number of aromatic carboxylic acids is 1. The molecule has 21 heavy (non-hydrogen) atoms. The Morgan fingerprint density at radius 2 is 1.71 bits per heavy atom. The molecule has 2 N–H and O–H groups in total. The number of rotatable bonds is 6. The number of amides is 1. The summed E-state index contributed by atoms with van der Waals surface area (Å²) in [7, 11) is 3.95. The summed E-state index contributed by atoms with van der Waals surface area (Å²) in [6.07, 6.45) is 0.812.